The molecule has 0 fully saturated rings. The Bertz CT molecular complexity index is 404. The molecule has 0 bridgehead atoms. The fraction of sp³-hybridized carbons (Fsp3) is 0.364. The van der Waals surface area contributed by atoms with Crippen molar-refractivity contribution in [3.05, 3.63) is 29.8 Å². The standard InChI is InChI=1S/C11H15NO2/c1-8(12-2)11(13)9-5-4-6-10(7-9)14-3/h4-8,12H,1-3H3/i2D3. The van der Waals surface area contributed by atoms with Crippen molar-refractivity contribution >= 4 is 5.78 Å². The van der Waals surface area contributed by atoms with Gasteiger partial charge in [0.1, 0.15) is 5.75 Å². The van der Waals surface area contributed by atoms with E-state index in [1.54, 1.807) is 24.3 Å². The van der Waals surface area contributed by atoms with Crippen molar-refractivity contribution in [2.24, 2.45) is 0 Å². The van der Waals surface area contributed by atoms with E-state index in [1.807, 2.05) is 0 Å². The highest BCUT2D eigenvalue weighted by Crippen LogP contribution is 2.13. The summed E-state index contributed by atoms with van der Waals surface area (Å²) in [5.41, 5.74) is 0.425. The second-order valence-electron chi connectivity index (χ2n) is 2.96. The molecule has 1 N–H and O–H groups in total. The number of Topliss-reactive ketones (excluding diaryl/α,β-unsaturated/α-hetero) is 1. The molecule has 1 aromatic carbocycles. The van der Waals surface area contributed by atoms with Gasteiger partial charge in [-0.2, -0.15) is 0 Å². The molecule has 0 aliphatic heterocycles. The molecular formula is C11H15NO2. The lowest BCUT2D eigenvalue weighted by Crippen LogP contribution is -2.30. The summed E-state index contributed by atoms with van der Waals surface area (Å²) in [4.78, 5) is 11.9. The van der Waals surface area contributed by atoms with E-state index in [1.165, 1.54) is 14.0 Å². The van der Waals surface area contributed by atoms with Gasteiger partial charge in [-0.3, -0.25) is 4.79 Å². The van der Waals surface area contributed by atoms with Crippen LogP contribution in [-0.2, 0) is 0 Å². The molecule has 0 radical (unpaired) electrons. The predicted molar refractivity (Wildman–Crippen MR) is 55.8 cm³/mol. The van der Waals surface area contributed by atoms with Crippen LogP contribution in [0.1, 0.15) is 21.4 Å². The van der Waals surface area contributed by atoms with E-state index in [0.717, 1.165) is 0 Å². The lowest BCUT2D eigenvalue weighted by molar-refractivity contribution is 0.0954. The number of carbonyl (C=O) groups excluding carboxylic acids is 1. The van der Waals surface area contributed by atoms with Crippen LogP contribution in [-0.4, -0.2) is 25.9 Å². The Morgan fingerprint density at radius 3 is 3.07 bits per heavy atom. The van der Waals surface area contributed by atoms with Gasteiger partial charge in [0.25, 0.3) is 0 Å². The number of ketones is 1. The molecule has 1 rings (SSSR count). The fourth-order valence-electron chi connectivity index (χ4n) is 1.09. The van der Waals surface area contributed by atoms with Gasteiger partial charge in [-0.15, -0.1) is 0 Å². The first-order valence-corrected chi connectivity index (χ1v) is 4.29. The van der Waals surface area contributed by atoms with Crippen LogP contribution < -0.4 is 10.1 Å². The Morgan fingerprint density at radius 1 is 1.64 bits per heavy atom. The molecule has 0 saturated carbocycles. The highest BCUT2D eigenvalue weighted by atomic mass is 16.5. The average molecular weight is 196 g/mol. The van der Waals surface area contributed by atoms with E-state index in [-0.39, 0.29) is 5.78 Å². The molecule has 0 saturated heterocycles. The van der Waals surface area contributed by atoms with Crippen molar-refractivity contribution in [1.29, 1.82) is 0 Å². The van der Waals surface area contributed by atoms with Gasteiger partial charge in [0, 0.05) is 9.68 Å². The maximum absolute atomic E-state index is 11.9. The van der Waals surface area contributed by atoms with Crippen LogP contribution in [0.4, 0.5) is 0 Å². The predicted octanol–water partition coefficient (Wildman–Crippen LogP) is 1.49. The number of hydrogen-bond donors (Lipinski definition) is 1. The third-order valence-corrected chi connectivity index (χ3v) is 1.96. The summed E-state index contributed by atoms with van der Waals surface area (Å²) >= 11 is 0. The molecule has 0 aliphatic rings. The van der Waals surface area contributed by atoms with Gasteiger partial charge >= 0.3 is 0 Å². The zero-order valence-electron chi connectivity index (χ0n) is 11.2. The summed E-state index contributed by atoms with van der Waals surface area (Å²) in [6.45, 7) is -0.803. The molecule has 3 heteroatoms. The Labute approximate surface area is 88.3 Å². The maximum atomic E-state index is 11.9. The second-order valence-corrected chi connectivity index (χ2v) is 2.96. The third-order valence-electron chi connectivity index (χ3n) is 1.96. The van der Waals surface area contributed by atoms with Crippen LogP contribution in [0, 0.1) is 0 Å². The number of hydrogen-bond acceptors (Lipinski definition) is 3. The van der Waals surface area contributed by atoms with E-state index in [9.17, 15) is 4.79 Å². The summed E-state index contributed by atoms with van der Waals surface area (Å²) in [6.07, 6.45) is 0. The van der Waals surface area contributed by atoms with Gasteiger partial charge in [0.2, 0.25) is 0 Å². The molecule has 3 nitrogen and oxygen atoms in total. The zero-order chi connectivity index (χ0) is 13.1. The number of methoxy groups -OCH3 is 1. The fourth-order valence-corrected chi connectivity index (χ4v) is 1.09. The van der Waals surface area contributed by atoms with Crippen molar-refractivity contribution < 1.29 is 13.6 Å². The Morgan fingerprint density at radius 2 is 2.43 bits per heavy atom. The first kappa shape index (κ1) is 7.01. The van der Waals surface area contributed by atoms with E-state index in [0.29, 0.717) is 11.3 Å². The van der Waals surface area contributed by atoms with Crippen molar-refractivity contribution in [3.8, 4) is 5.75 Å². The summed E-state index contributed by atoms with van der Waals surface area (Å²) in [5.74, 6) is 0.289. The lowest BCUT2D eigenvalue weighted by Gasteiger charge is -2.09. The number of carbonyl (C=O) groups is 1. The molecule has 0 heterocycles. The zero-order valence-corrected chi connectivity index (χ0v) is 8.20. The Hall–Kier alpha value is -1.35. The maximum Gasteiger partial charge on any atom is 0.179 e. The van der Waals surface area contributed by atoms with Crippen LogP contribution in [0.15, 0.2) is 24.3 Å². The minimum absolute atomic E-state index is 0.278. The van der Waals surface area contributed by atoms with Crippen LogP contribution in [0.25, 0.3) is 0 Å². The monoisotopic (exact) mass is 196 g/mol. The van der Waals surface area contributed by atoms with E-state index in [4.69, 9.17) is 8.85 Å². The number of ether oxygens (including phenoxy) is 1. The van der Waals surface area contributed by atoms with E-state index < -0.39 is 13.0 Å². The van der Waals surface area contributed by atoms with Crippen LogP contribution >= 0.6 is 0 Å². The quantitative estimate of drug-likeness (QED) is 0.741. The number of rotatable bonds is 4. The van der Waals surface area contributed by atoms with Crippen molar-refractivity contribution in [1.82, 2.24) is 5.32 Å². The van der Waals surface area contributed by atoms with Crippen LogP contribution in [0.2, 0.25) is 0 Å². The van der Waals surface area contributed by atoms with Gasteiger partial charge in [-0.1, -0.05) is 12.1 Å². The molecule has 1 atom stereocenters. The normalized spacial score (nSPS) is 16.3. The lowest BCUT2D eigenvalue weighted by atomic mass is 10.1. The topological polar surface area (TPSA) is 38.3 Å². The van der Waals surface area contributed by atoms with E-state index in [2.05, 4.69) is 5.32 Å². The highest BCUT2D eigenvalue weighted by molar-refractivity contribution is 6.00. The number of likely N-dealkylation sites (N-methyl/N-ethyl adjacent to an activating group) is 1. The Kier molecular flexibility index (Phi) is 2.39. The molecule has 0 amide bonds. The molecule has 1 unspecified atom stereocenters. The number of benzene rings is 1. The Balaban J connectivity index is 2.81. The molecule has 14 heavy (non-hydrogen) atoms. The summed E-state index contributed by atoms with van der Waals surface area (Å²) in [7, 11) is 1.51. The van der Waals surface area contributed by atoms with Gasteiger partial charge in [-0.25, -0.2) is 0 Å². The number of nitrogens with one attached hydrogen (secondary N) is 1. The van der Waals surface area contributed by atoms with Crippen LogP contribution in [0.5, 0.6) is 5.75 Å². The van der Waals surface area contributed by atoms with Gasteiger partial charge in [0.05, 0.1) is 13.2 Å². The first-order chi connectivity index (χ1) is 7.83. The molecular weight excluding hydrogens is 178 g/mol. The molecule has 1 aromatic rings. The van der Waals surface area contributed by atoms with Crippen molar-refractivity contribution in [2.45, 2.75) is 13.0 Å². The largest absolute Gasteiger partial charge is 0.497 e. The van der Waals surface area contributed by atoms with Crippen molar-refractivity contribution in [2.75, 3.05) is 14.1 Å². The van der Waals surface area contributed by atoms with E-state index >= 15 is 0 Å². The smallest absolute Gasteiger partial charge is 0.179 e. The molecule has 0 aromatic heterocycles. The molecule has 0 spiro atoms. The summed E-state index contributed by atoms with van der Waals surface area (Å²) < 4.78 is 26.1. The first-order valence-electron chi connectivity index (χ1n) is 5.79. The minimum atomic E-state index is -2.33. The third kappa shape index (κ3) is 2.33. The highest BCUT2D eigenvalue weighted by Gasteiger charge is 2.12. The SMILES string of the molecule is [2H]C([2H])([2H])NC(C)C(=O)c1cccc(OC)c1. The summed E-state index contributed by atoms with van der Waals surface area (Å²) in [5, 5.41) is 2.26. The van der Waals surface area contributed by atoms with Crippen molar-refractivity contribution in [3.63, 3.8) is 0 Å². The van der Waals surface area contributed by atoms with Gasteiger partial charge in [0.15, 0.2) is 5.78 Å². The molecule has 76 valence electrons. The van der Waals surface area contributed by atoms with Crippen LogP contribution in [0.3, 0.4) is 0 Å². The molecule has 0 aliphatic carbocycles. The van der Waals surface area contributed by atoms with Gasteiger partial charge < -0.3 is 10.1 Å². The minimum Gasteiger partial charge on any atom is -0.497 e. The average Bonchev–Trinajstić information content (AvgIpc) is 2.26. The van der Waals surface area contributed by atoms with Gasteiger partial charge in [-0.05, 0) is 26.0 Å². The summed E-state index contributed by atoms with van der Waals surface area (Å²) in [6, 6.07) is 5.85. The second kappa shape index (κ2) is 4.77.